The van der Waals surface area contributed by atoms with Gasteiger partial charge in [-0.25, -0.2) is 4.79 Å². The lowest BCUT2D eigenvalue weighted by atomic mass is 9.89. The summed E-state index contributed by atoms with van der Waals surface area (Å²) in [6.07, 6.45) is 0.424. The van der Waals surface area contributed by atoms with Crippen LogP contribution in [-0.4, -0.2) is 33.8 Å². The number of nitrogens with zero attached hydrogens (tertiary/aromatic N) is 2. The van der Waals surface area contributed by atoms with Gasteiger partial charge in [-0.1, -0.05) is 36.4 Å². The Kier molecular flexibility index (Phi) is 6.44. The molecule has 1 fully saturated rings. The van der Waals surface area contributed by atoms with E-state index in [4.69, 9.17) is 9.47 Å². The fraction of sp³-hybridized carbons (Fsp3) is 0.227. The molecule has 1 heterocycles. The number of rotatable bonds is 7. The van der Waals surface area contributed by atoms with Gasteiger partial charge in [-0.15, -0.1) is 0 Å². The summed E-state index contributed by atoms with van der Waals surface area (Å²) in [5.74, 6) is -1.86. The molecule has 160 valence electrons. The van der Waals surface area contributed by atoms with Crippen LogP contribution >= 0.6 is 0 Å². The van der Waals surface area contributed by atoms with E-state index in [0.717, 1.165) is 0 Å². The third-order valence-electron chi connectivity index (χ3n) is 4.74. The molecule has 0 spiro atoms. The van der Waals surface area contributed by atoms with E-state index in [2.05, 4.69) is 0 Å². The minimum absolute atomic E-state index is 0.0177. The van der Waals surface area contributed by atoms with Gasteiger partial charge in [0, 0.05) is 19.1 Å². The molecule has 3 rings (SSSR count). The highest BCUT2D eigenvalue weighted by molar-refractivity contribution is 6.00. The maximum absolute atomic E-state index is 12.7. The zero-order chi connectivity index (χ0) is 22.5. The topological polar surface area (TPSA) is 116 Å². The van der Waals surface area contributed by atoms with Crippen molar-refractivity contribution in [3.8, 4) is 0 Å². The summed E-state index contributed by atoms with van der Waals surface area (Å²) in [6.45, 7) is 2.68. The van der Waals surface area contributed by atoms with Crippen LogP contribution in [0.3, 0.4) is 0 Å². The van der Waals surface area contributed by atoms with Gasteiger partial charge in [-0.2, -0.15) is 0 Å². The fourth-order valence-corrected chi connectivity index (χ4v) is 3.29. The third-order valence-corrected chi connectivity index (χ3v) is 4.74. The number of β-lactam (4-membered cyclic amide) rings is 1. The Balaban J connectivity index is 1.76. The summed E-state index contributed by atoms with van der Waals surface area (Å²) in [6, 6.07) is 13.9. The average molecular weight is 424 g/mol. The number of carbonyl (C=O) groups is 3. The number of nitro benzene ring substituents is 1. The second kappa shape index (κ2) is 9.21. The smallest absolute Gasteiger partial charge is 0.355 e. The van der Waals surface area contributed by atoms with E-state index in [9.17, 15) is 24.5 Å². The molecule has 0 N–H and O–H groups in total. The van der Waals surface area contributed by atoms with Crippen molar-refractivity contribution < 1.29 is 28.8 Å². The number of non-ortho nitro benzene ring substituents is 1. The second-order valence-corrected chi connectivity index (χ2v) is 6.77. The summed E-state index contributed by atoms with van der Waals surface area (Å²) >= 11 is 0. The van der Waals surface area contributed by atoms with Gasteiger partial charge in [-0.3, -0.25) is 24.6 Å². The van der Waals surface area contributed by atoms with Gasteiger partial charge in [0.05, 0.1) is 4.92 Å². The minimum Gasteiger partial charge on any atom is -0.456 e. The number of hydrogen-bond acceptors (Lipinski definition) is 7. The molecule has 0 aromatic heterocycles. The van der Waals surface area contributed by atoms with E-state index >= 15 is 0 Å². The Labute approximate surface area is 178 Å². The molecule has 0 saturated carbocycles. The summed E-state index contributed by atoms with van der Waals surface area (Å²) in [5.41, 5.74) is 1.21. The van der Waals surface area contributed by atoms with Gasteiger partial charge >= 0.3 is 11.9 Å². The number of carbonyl (C=O) groups excluding carboxylic acids is 3. The van der Waals surface area contributed by atoms with Crippen LogP contribution < -0.4 is 0 Å². The second-order valence-electron chi connectivity index (χ2n) is 6.77. The SMILES string of the molecule is C/C=C(\C(=O)OCc1ccc([N+](=O)[O-])cc1)N1C(=O)[C@H](OC(C)=O)[C@@H]1c1ccccc1. The predicted octanol–water partition coefficient (Wildman–Crippen LogP) is 3.06. The Bertz CT molecular complexity index is 1030. The predicted molar refractivity (Wildman–Crippen MR) is 108 cm³/mol. The molecule has 9 heteroatoms. The molecule has 9 nitrogen and oxygen atoms in total. The maximum Gasteiger partial charge on any atom is 0.355 e. The molecule has 1 aliphatic rings. The molecule has 0 aliphatic carbocycles. The van der Waals surface area contributed by atoms with Crippen molar-refractivity contribution in [3.05, 3.63) is 87.6 Å². The van der Waals surface area contributed by atoms with E-state index in [1.165, 1.54) is 42.2 Å². The van der Waals surface area contributed by atoms with E-state index < -0.39 is 34.9 Å². The highest BCUT2D eigenvalue weighted by atomic mass is 16.6. The number of esters is 2. The van der Waals surface area contributed by atoms with Gasteiger partial charge in [0.2, 0.25) is 6.10 Å². The van der Waals surface area contributed by atoms with Crippen LogP contribution in [0.2, 0.25) is 0 Å². The molecule has 2 aromatic carbocycles. The largest absolute Gasteiger partial charge is 0.456 e. The summed E-state index contributed by atoms with van der Waals surface area (Å²) in [5, 5.41) is 10.7. The molecule has 0 bridgehead atoms. The number of nitro groups is 1. The first kappa shape index (κ1) is 21.7. The number of hydrogen-bond donors (Lipinski definition) is 0. The number of benzene rings is 2. The molecular weight excluding hydrogens is 404 g/mol. The minimum atomic E-state index is -1.03. The van der Waals surface area contributed by atoms with Crippen LogP contribution in [0.25, 0.3) is 0 Å². The van der Waals surface area contributed by atoms with Crippen LogP contribution in [0.5, 0.6) is 0 Å². The van der Waals surface area contributed by atoms with Crippen molar-refractivity contribution in [2.75, 3.05) is 0 Å². The average Bonchev–Trinajstić information content (AvgIpc) is 2.77. The van der Waals surface area contributed by atoms with Crippen molar-refractivity contribution in [1.82, 2.24) is 4.90 Å². The highest BCUT2D eigenvalue weighted by Crippen LogP contribution is 2.40. The van der Waals surface area contributed by atoms with E-state index in [-0.39, 0.29) is 18.0 Å². The van der Waals surface area contributed by atoms with Crippen LogP contribution in [0.15, 0.2) is 66.4 Å². The van der Waals surface area contributed by atoms with Gasteiger partial charge in [-0.05, 0) is 30.2 Å². The van der Waals surface area contributed by atoms with E-state index in [1.807, 2.05) is 6.07 Å². The fourth-order valence-electron chi connectivity index (χ4n) is 3.29. The normalized spacial score (nSPS) is 18.2. The molecule has 1 aliphatic heterocycles. The monoisotopic (exact) mass is 424 g/mol. The molecule has 0 radical (unpaired) electrons. The third kappa shape index (κ3) is 4.61. The van der Waals surface area contributed by atoms with Crippen molar-refractivity contribution in [3.63, 3.8) is 0 Å². The number of allylic oxidation sites excluding steroid dienone is 1. The number of likely N-dealkylation sites (tertiary alicyclic amines) is 1. The zero-order valence-corrected chi connectivity index (χ0v) is 16.9. The van der Waals surface area contributed by atoms with Crippen LogP contribution in [0, 0.1) is 10.1 Å². The van der Waals surface area contributed by atoms with Crippen LogP contribution in [-0.2, 0) is 30.5 Å². The van der Waals surface area contributed by atoms with Crippen molar-refractivity contribution in [2.45, 2.75) is 32.6 Å². The summed E-state index contributed by atoms with van der Waals surface area (Å²) in [4.78, 5) is 48.3. The summed E-state index contributed by atoms with van der Waals surface area (Å²) in [7, 11) is 0. The molecular formula is C22H20N2O7. The lowest BCUT2D eigenvalue weighted by Crippen LogP contribution is -2.60. The Morgan fingerprint density at radius 2 is 1.77 bits per heavy atom. The van der Waals surface area contributed by atoms with Gasteiger partial charge in [0.25, 0.3) is 11.6 Å². The van der Waals surface area contributed by atoms with Gasteiger partial charge < -0.3 is 9.47 Å². The van der Waals surface area contributed by atoms with Crippen LogP contribution in [0.1, 0.15) is 31.0 Å². The van der Waals surface area contributed by atoms with Crippen LogP contribution in [0.4, 0.5) is 5.69 Å². The van der Waals surface area contributed by atoms with E-state index in [0.29, 0.717) is 11.1 Å². The zero-order valence-electron chi connectivity index (χ0n) is 16.9. The number of ether oxygens (including phenoxy) is 2. The lowest BCUT2D eigenvalue weighted by molar-refractivity contribution is -0.384. The highest BCUT2D eigenvalue weighted by Gasteiger charge is 2.53. The van der Waals surface area contributed by atoms with E-state index in [1.54, 1.807) is 31.2 Å². The maximum atomic E-state index is 12.7. The lowest BCUT2D eigenvalue weighted by Gasteiger charge is -2.46. The standard InChI is InChI=1S/C22H20N2O7/c1-3-18(22(27)30-13-15-9-11-17(12-10-15)24(28)29)23-19(16-7-5-4-6-8-16)20(21(23)26)31-14(2)25/h3-12,19-20H,13H2,1-2H3/b18-3+/t19-,20+/m0/s1. The molecule has 2 aromatic rings. The first-order valence-corrected chi connectivity index (χ1v) is 9.45. The quantitative estimate of drug-likeness (QED) is 0.220. The van der Waals surface area contributed by atoms with Gasteiger partial charge in [0.1, 0.15) is 18.3 Å². The molecule has 1 amide bonds. The molecule has 1 saturated heterocycles. The van der Waals surface area contributed by atoms with Crippen molar-refractivity contribution >= 4 is 23.5 Å². The Morgan fingerprint density at radius 1 is 1.13 bits per heavy atom. The first-order valence-electron chi connectivity index (χ1n) is 9.45. The van der Waals surface area contributed by atoms with Gasteiger partial charge in [0.15, 0.2) is 0 Å². The van der Waals surface area contributed by atoms with Crippen molar-refractivity contribution in [2.24, 2.45) is 0 Å². The summed E-state index contributed by atoms with van der Waals surface area (Å²) < 4.78 is 10.5. The number of amides is 1. The first-order chi connectivity index (χ1) is 14.8. The Hall–Kier alpha value is -4.01. The molecule has 31 heavy (non-hydrogen) atoms. The molecule has 2 atom stereocenters. The van der Waals surface area contributed by atoms with Crippen molar-refractivity contribution in [1.29, 1.82) is 0 Å². The molecule has 0 unspecified atom stereocenters. The Morgan fingerprint density at radius 3 is 2.32 bits per heavy atom.